The second-order valence-corrected chi connectivity index (χ2v) is 10.3. The molecule has 0 spiro atoms. The molecule has 222 valence electrons. The van der Waals surface area contributed by atoms with Crippen LogP contribution in [-0.4, -0.2) is 75.0 Å². The van der Waals surface area contributed by atoms with Crippen molar-refractivity contribution in [3.8, 4) is 22.3 Å². The van der Waals surface area contributed by atoms with E-state index >= 15 is 0 Å². The minimum atomic E-state index is -0.793. The number of halogens is 1. The van der Waals surface area contributed by atoms with Crippen molar-refractivity contribution in [2.45, 2.75) is 20.0 Å². The summed E-state index contributed by atoms with van der Waals surface area (Å²) in [4.78, 5) is 46.3. The van der Waals surface area contributed by atoms with Crippen LogP contribution < -0.4 is 20.1 Å². The minimum absolute atomic E-state index is 0.0875. The first kappa shape index (κ1) is 29.5. The molecule has 0 saturated carbocycles. The number of fused-ring (bicyclic) bond motifs is 2. The first-order valence-corrected chi connectivity index (χ1v) is 13.8. The zero-order chi connectivity index (χ0) is 30.5. The highest BCUT2D eigenvalue weighted by Crippen LogP contribution is 2.35. The van der Waals surface area contributed by atoms with Gasteiger partial charge < -0.3 is 24.6 Å². The number of methoxy groups -OCH3 is 1. The maximum Gasteiger partial charge on any atom is 0.411 e. The third-order valence-corrected chi connectivity index (χ3v) is 6.87. The highest BCUT2D eigenvalue weighted by atomic mass is 32.1. The predicted octanol–water partition coefficient (Wildman–Crippen LogP) is 3.89. The monoisotopic (exact) mass is 607 g/mol. The van der Waals surface area contributed by atoms with Crippen molar-refractivity contribution < 1.29 is 33.3 Å². The molecule has 0 fully saturated rings. The standard InChI is InChI=1S/C28H26FN7O6S/c1-14-8-17(23-20(9-14)34-22(40-3)13-31-23)26-35-21-10-18(29)25(36-27(21)43-26)41-6-7-42-28(39)33-16-4-5-19(30-12-16)24(38)32-11-15(2)37/h4-5,8-10,12-13,15,37H,6-7,11H2,1-3H3,(H,32,38)(H,33,39)/t15-/m0/s1. The van der Waals surface area contributed by atoms with E-state index in [1.165, 1.54) is 49.0 Å². The molecular weight excluding hydrogens is 581 g/mol. The number of hydrogen-bond donors (Lipinski definition) is 3. The van der Waals surface area contributed by atoms with E-state index in [9.17, 15) is 19.1 Å². The van der Waals surface area contributed by atoms with Crippen molar-refractivity contribution in [1.29, 1.82) is 0 Å². The van der Waals surface area contributed by atoms with Gasteiger partial charge >= 0.3 is 6.09 Å². The average molecular weight is 608 g/mol. The molecule has 3 N–H and O–H groups in total. The Bertz CT molecular complexity index is 1800. The summed E-state index contributed by atoms with van der Waals surface area (Å²) < 4.78 is 30.4. The first-order chi connectivity index (χ1) is 20.7. The Balaban J connectivity index is 1.18. The van der Waals surface area contributed by atoms with Gasteiger partial charge in [0, 0.05) is 18.2 Å². The molecule has 43 heavy (non-hydrogen) atoms. The van der Waals surface area contributed by atoms with Gasteiger partial charge in [-0.15, -0.1) is 0 Å². The summed E-state index contributed by atoms with van der Waals surface area (Å²) in [7, 11) is 1.52. The Labute approximate surface area is 248 Å². The average Bonchev–Trinajstić information content (AvgIpc) is 3.40. The lowest BCUT2D eigenvalue weighted by atomic mass is 10.1. The molecule has 5 aromatic rings. The second kappa shape index (κ2) is 12.9. The molecule has 1 aromatic carbocycles. The van der Waals surface area contributed by atoms with Gasteiger partial charge in [0.15, 0.2) is 5.82 Å². The first-order valence-electron chi connectivity index (χ1n) is 13.0. The largest absolute Gasteiger partial charge is 0.480 e. The number of aliphatic hydroxyl groups is 1. The van der Waals surface area contributed by atoms with Gasteiger partial charge in [-0.05, 0) is 43.7 Å². The minimum Gasteiger partial charge on any atom is -0.480 e. The van der Waals surface area contributed by atoms with Crippen LogP contribution in [0, 0.1) is 12.7 Å². The van der Waals surface area contributed by atoms with Gasteiger partial charge in [-0.3, -0.25) is 10.1 Å². The van der Waals surface area contributed by atoms with Crippen molar-refractivity contribution in [2.75, 3.05) is 32.2 Å². The van der Waals surface area contributed by atoms with Gasteiger partial charge in [0.05, 0.1) is 42.3 Å². The fraction of sp³-hybridized carbons (Fsp3) is 0.250. The number of thiazole rings is 1. The fourth-order valence-corrected chi connectivity index (χ4v) is 4.84. The van der Waals surface area contributed by atoms with Gasteiger partial charge in [0.2, 0.25) is 5.88 Å². The summed E-state index contributed by atoms with van der Waals surface area (Å²) in [6, 6.07) is 7.95. The Morgan fingerprint density at radius 1 is 1.07 bits per heavy atom. The Hall–Kier alpha value is -5.02. The maximum atomic E-state index is 14.8. The van der Waals surface area contributed by atoms with Crippen LogP contribution in [0.15, 0.2) is 42.7 Å². The number of carbonyl (C=O) groups is 2. The van der Waals surface area contributed by atoms with E-state index in [1.807, 2.05) is 19.1 Å². The van der Waals surface area contributed by atoms with Crippen molar-refractivity contribution in [1.82, 2.24) is 30.2 Å². The summed E-state index contributed by atoms with van der Waals surface area (Å²) in [5, 5.41) is 14.8. The summed E-state index contributed by atoms with van der Waals surface area (Å²) in [5.74, 6) is -1.03. The SMILES string of the molecule is COc1cnc2c(-c3nc4cc(F)c(OCCOC(=O)Nc5ccc(C(=O)NC[C@H](C)O)nc5)nc4s3)cc(C)cc2n1. The number of ether oxygens (including phenoxy) is 3. The predicted molar refractivity (Wildman–Crippen MR) is 156 cm³/mol. The van der Waals surface area contributed by atoms with Crippen molar-refractivity contribution in [3.63, 3.8) is 0 Å². The summed E-state index contributed by atoms with van der Waals surface area (Å²) >= 11 is 1.25. The van der Waals surface area contributed by atoms with Gasteiger partial charge in [0.25, 0.3) is 11.8 Å². The van der Waals surface area contributed by atoms with Crippen LogP contribution in [0.3, 0.4) is 0 Å². The van der Waals surface area contributed by atoms with E-state index in [2.05, 4.69) is 35.6 Å². The molecule has 13 nitrogen and oxygen atoms in total. The van der Waals surface area contributed by atoms with E-state index in [-0.39, 0.29) is 31.3 Å². The topological polar surface area (TPSA) is 171 Å². The highest BCUT2D eigenvalue weighted by Gasteiger charge is 2.17. The van der Waals surface area contributed by atoms with Gasteiger partial charge in [-0.1, -0.05) is 11.3 Å². The molecule has 0 aliphatic heterocycles. The number of pyridine rings is 2. The number of nitrogens with one attached hydrogen (secondary N) is 2. The number of aryl methyl sites for hydroxylation is 1. The van der Waals surface area contributed by atoms with E-state index in [0.717, 1.165) is 11.1 Å². The smallest absolute Gasteiger partial charge is 0.411 e. The Morgan fingerprint density at radius 2 is 1.91 bits per heavy atom. The normalized spacial score (nSPS) is 11.7. The van der Waals surface area contributed by atoms with Gasteiger partial charge in [-0.25, -0.2) is 29.1 Å². The molecule has 4 aromatic heterocycles. The zero-order valence-electron chi connectivity index (χ0n) is 23.3. The van der Waals surface area contributed by atoms with Crippen molar-refractivity contribution in [2.24, 2.45) is 0 Å². The highest BCUT2D eigenvalue weighted by molar-refractivity contribution is 7.21. The van der Waals surface area contributed by atoms with Crippen LogP contribution in [0.2, 0.25) is 0 Å². The molecule has 4 heterocycles. The molecule has 0 aliphatic rings. The van der Waals surface area contributed by atoms with Crippen LogP contribution in [-0.2, 0) is 4.74 Å². The van der Waals surface area contributed by atoms with E-state index in [4.69, 9.17) is 14.2 Å². The number of aliphatic hydroxyl groups excluding tert-OH is 1. The molecule has 15 heteroatoms. The maximum absolute atomic E-state index is 14.8. The van der Waals surface area contributed by atoms with E-state index in [1.54, 1.807) is 6.92 Å². The Kier molecular flexibility index (Phi) is 8.82. The lowest BCUT2D eigenvalue weighted by Gasteiger charge is -2.09. The third-order valence-electron chi connectivity index (χ3n) is 5.87. The van der Waals surface area contributed by atoms with Crippen LogP contribution >= 0.6 is 11.3 Å². The van der Waals surface area contributed by atoms with Crippen LogP contribution in [0.4, 0.5) is 14.9 Å². The van der Waals surface area contributed by atoms with E-state index < -0.39 is 23.9 Å². The summed E-state index contributed by atoms with van der Waals surface area (Å²) in [5.41, 5.74) is 3.73. The second-order valence-electron chi connectivity index (χ2n) is 9.31. The number of benzene rings is 1. The van der Waals surface area contributed by atoms with Crippen LogP contribution in [0.5, 0.6) is 11.8 Å². The molecule has 1 atom stereocenters. The number of rotatable bonds is 10. The quantitative estimate of drug-likeness (QED) is 0.197. The Morgan fingerprint density at radius 3 is 2.65 bits per heavy atom. The summed E-state index contributed by atoms with van der Waals surface area (Å²) in [6.45, 7) is 3.21. The summed E-state index contributed by atoms with van der Waals surface area (Å²) in [6.07, 6.45) is 1.33. The van der Waals surface area contributed by atoms with Crippen molar-refractivity contribution in [3.05, 3.63) is 59.8 Å². The van der Waals surface area contributed by atoms with Crippen LogP contribution in [0.25, 0.3) is 32.0 Å². The number of aromatic nitrogens is 5. The third kappa shape index (κ3) is 7.07. The number of nitrogens with zero attached hydrogens (tertiary/aromatic N) is 5. The molecular formula is C28H26FN7O6S. The number of amides is 2. The lowest BCUT2D eigenvalue weighted by Crippen LogP contribution is -2.31. The fourth-order valence-electron chi connectivity index (χ4n) is 3.91. The molecule has 0 saturated heterocycles. The zero-order valence-corrected chi connectivity index (χ0v) is 24.1. The van der Waals surface area contributed by atoms with Gasteiger partial charge in [-0.2, -0.15) is 4.98 Å². The van der Waals surface area contributed by atoms with Crippen molar-refractivity contribution >= 4 is 50.4 Å². The molecule has 0 bridgehead atoms. The van der Waals surface area contributed by atoms with Gasteiger partial charge in [0.1, 0.15) is 34.3 Å². The van der Waals surface area contributed by atoms with Crippen LogP contribution in [0.1, 0.15) is 23.0 Å². The molecule has 0 radical (unpaired) electrons. The molecule has 5 rings (SSSR count). The molecule has 2 amide bonds. The lowest BCUT2D eigenvalue weighted by molar-refractivity contribution is 0.0919. The molecule has 0 aliphatic carbocycles. The van der Waals surface area contributed by atoms with E-state index in [0.29, 0.717) is 38.0 Å². The molecule has 0 unspecified atom stereocenters. The number of hydrogen-bond acceptors (Lipinski definition) is 12. The number of anilines is 1. The number of carbonyl (C=O) groups excluding carboxylic acids is 2.